The standard InChI is InChI=1S/C27H35FN2O4/c1-3-33-26(31)18-20-9-10-22(19-27(32)34-4-2)25(17-20)29-23-12-15-30(16-13-23)14-11-21-7-5-6-8-24(21)28/h5-10,17,23,29H,3-4,11-16,18-19H2,1-2H3. The summed E-state index contributed by atoms with van der Waals surface area (Å²) in [5.41, 5.74) is 3.31. The van der Waals surface area contributed by atoms with Crippen LogP contribution in [0.2, 0.25) is 0 Å². The number of nitrogens with one attached hydrogen (secondary N) is 1. The van der Waals surface area contributed by atoms with Gasteiger partial charge >= 0.3 is 11.9 Å². The molecule has 1 aliphatic heterocycles. The third kappa shape index (κ3) is 7.83. The lowest BCUT2D eigenvalue weighted by Gasteiger charge is -2.33. The zero-order valence-corrected chi connectivity index (χ0v) is 20.1. The van der Waals surface area contributed by atoms with Crippen LogP contribution in [0.1, 0.15) is 43.4 Å². The molecular formula is C27H35FN2O4. The van der Waals surface area contributed by atoms with Gasteiger partial charge in [-0.15, -0.1) is 0 Å². The molecule has 0 aromatic heterocycles. The zero-order chi connectivity index (χ0) is 24.3. The second kappa shape index (κ2) is 13.1. The Bertz CT molecular complexity index is 957. The SMILES string of the molecule is CCOC(=O)Cc1ccc(CC(=O)OCC)c(NC2CCN(CCc3ccccc3F)CC2)c1. The summed E-state index contributed by atoms with van der Waals surface area (Å²) in [5.74, 6) is -0.683. The molecule has 6 nitrogen and oxygen atoms in total. The molecule has 1 aliphatic rings. The third-order valence-corrected chi connectivity index (χ3v) is 6.07. The fraction of sp³-hybridized carbons (Fsp3) is 0.481. The Morgan fingerprint density at radius 1 is 0.971 bits per heavy atom. The number of halogens is 1. The van der Waals surface area contributed by atoms with Gasteiger partial charge in [0.25, 0.3) is 0 Å². The average Bonchev–Trinajstić information content (AvgIpc) is 2.81. The number of benzene rings is 2. The van der Waals surface area contributed by atoms with E-state index < -0.39 is 0 Å². The number of ether oxygens (including phenoxy) is 2. The first-order valence-corrected chi connectivity index (χ1v) is 12.1. The van der Waals surface area contributed by atoms with Crippen LogP contribution in [-0.2, 0) is 38.3 Å². The van der Waals surface area contributed by atoms with Gasteiger partial charge in [0.15, 0.2) is 0 Å². The van der Waals surface area contributed by atoms with Crippen LogP contribution in [0.3, 0.4) is 0 Å². The van der Waals surface area contributed by atoms with Crippen molar-refractivity contribution in [2.45, 2.75) is 52.0 Å². The van der Waals surface area contributed by atoms with Crippen LogP contribution in [0.15, 0.2) is 42.5 Å². The monoisotopic (exact) mass is 470 g/mol. The van der Waals surface area contributed by atoms with Gasteiger partial charge < -0.3 is 19.7 Å². The highest BCUT2D eigenvalue weighted by molar-refractivity contribution is 5.77. The summed E-state index contributed by atoms with van der Waals surface area (Å²) in [6, 6.07) is 12.9. The van der Waals surface area contributed by atoms with Gasteiger partial charge in [-0.3, -0.25) is 9.59 Å². The highest BCUT2D eigenvalue weighted by atomic mass is 19.1. The Labute approximate surface area is 201 Å². The van der Waals surface area contributed by atoms with Crippen LogP contribution in [0.5, 0.6) is 0 Å². The fourth-order valence-corrected chi connectivity index (χ4v) is 4.27. The van der Waals surface area contributed by atoms with Crippen molar-refractivity contribution in [1.29, 1.82) is 0 Å². The first-order chi connectivity index (χ1) is 16.5. The molecule has 2 aromatic rings. The summed E-state index contributed by atoms with van der Waals surface area (Å²) in [7, 11) is 0. The van der Waals surface area contributed by atoms with Gasteiger partial charge in [0.2, 0.25) is 0 Å². The lowest BCUT2D eigenvalue weighted by Crippen LogP contribution is -2.40. The fourth-order valence-electron chi connectivity index (χ4n) is 4.27. The summed E-state index contributed by atoms with van der Waals surface area (Å²) in [5, 5.41) is 3.60. The van der Waals surface area contributed by atoms with E-state index in [2.05, 4.69) is 10.2 Å². The molecule has 2 aromatic carbocycles. The molecule has 0 unspecified atom stereocenters. The van der Waals surface area contributed by atoms with E-state index in [1.807, 2.05) is 30.3 Å². The van der Waals surface area contributed by atoms with Gasteiger partial charge in [-0.2, -0.15) is 0 Å². The van der Waals surface area contributed by atoms with E-state index >= 15 is 0 Å². The molecule has 0 amide bonds. The van der Waals surface area contributed by atoms with E-state index in [0.29, 0.717) is 19.6 Å². The number of likely N-dealkylation sites (tertiary alicyclic amines) is 1. The number of esters is 2. The molecular weight excluding hydrogens is 435 g/mol. The van der Waals surface area contributed by atoms with Crippen molar-refractivity contribution in [3.8, 4) is 0 Å². The molecule has 34 heavy (non-hydrogen) atoms. The van der Waals surface area contributed by atoms with E-state index in [9.17, 15) is 14.0 Å². The minimum atomic E-state index is -0.272. The summed E-state index contributed by atoms with van der Waals surface area (Å²) >= 11 is 0. The molecule has 0 atom stereocenters. The molecule has 184 valence electrons. The predicted molar refractivity (Wildman–Crippen MR) is 130 cm³/mol. The van der Waals surface area contributed by atoms with Crippen LogP contribution in [0, 0.1) is 5.82 Å². The van der Waals surface area contributed by atoms with Crippen LogP contribution >= 0.6 is 0 Å². The molecule has 0 aliphatic carbocycles. The van der Waals surface area contributed by atoms with Crippen LogP contribution < -0.4 is 5.32 Å². The van der Waals surface area contributed by atoms with Gasteiger partial charge in [-0.25, -0.2) is 4.39 Å². The second-order valence-corrected chi connectivity index (χ2v) is 8.56. The molecule has 7 heteroatoms. The van der Waals surface area contributed by atoms with Crippen molar-refractivity contribution in [2.24, 2.45) is 0 Å². The smallest absolute Gasteiger partial charge is 0.310 e. The van der Waals surface area contributed by atoms with Gasteiger partial charge in [0, 0.05) is 31.4 Å². The highest BCUT2D eigenvalue weighted by Crippen LogP contribution is 2.24. The van der Waals surface area contributed by atoms with E-state index in [1.165, 1.54) is 6.07 Å². The van der Waals surface area contributed by atoms with Crippen molar-refractivity contribution in [2.75, 3.05) is 38.2 Å². The largest absolute Gasteiger partial charge is 0.466 e. The molecule has 1 saturated heterocycles. The molecule has 0 spiro atoms. The number of carbonyl (C=O) groups excluding carboxylic acids is 2. The molecule has 1 heterocycles. The second-order valence-electron chi connectivity index (χ2n) is 8.56. The predicted octanol–water partition coefficient (Wildman–Crippen LogP) is 4.16. The Morgan fingerprint density at radius 3 is 2.32 bits per heavy atom. The lowest BCUT2D eigenvalue weighted by molar-refractivity contribution is -0.143. The lowest BCUT2D eigenvalue weighted by atomic mass is 10.00. The maximum atomic E-state index is 13.9. The van der Waals surface area contributed by atoms with Crippen molar-refractivity contribution < 1.29 is 23.5 Å². The van der Waals surface area contributed by atoms with Gasteiger partial charge in [0.05, 0.1) is 26.1 Å². The van der Waals surface area contributed by atoms with Crippen LogP contribution in [0.4, 0.5) is 10.1 Å². The zero-order valence-electron chi connectivity index (χ0n) is 20.1. The Hall–Kier alpha value is -2.93. The summed E-state index contributed by atoms with van der Waals surface area (Å²) in [4.78, 5) is 26.4. The molecule has 0 radical (unpaired) electrons. The number of hydrogen-bond acceptors (Lipinski definition) is 6. The van der Waals surface area contributed by atoms with E-state index in [4.69, 9.17) is 9.47 Å². The maximum Gasteiger partial charge on any atom is 0.310 e. The number of anilines is 1. The molecule has 0 bridgehead atoms. The third-order valence-electron chi connectivity index (χ3n) is 6.07. The summed E-state index contributed by atoms with van der Waals surface area (Å²) in [6.45, 7) is 6.93. The summed E-state index contributed by atoms with van der Waals surface area (Å²) < 4.78 is 24.1. The van der Waals surface area contributed by atoms with Crippen LogP contribution in [-0.4, -0.2) is 55.7 Å². The Balaban J connectivity index is 1.60. The highest BCUT2D eigenvalue weighted by Gasteiger charge is 2.21. The first kappa shape index (κ1) is 25.7. The molecule has 1 fully saturated rings. The quantitative estimate of drug-likeness (QED) is 0.498. The number of piperidine rings is 1. The van der Waals surface area contributed by atoms with Gasteiger partial charge in [0.1, 0.15) is 5.82 Å². The minimum Gasteiger partial charge on any atom is -0.466 e. The number of hydrogen-bond donors (Lipinski definition) is 1. The van der Waals surface area contributed by atoms with Crippen molar-refractivity contribution in [1.82, 2.24) is 4.90 Å². The van der Waals surface area contributed by atoms with Crippen molar-refractivity contribution in [3.63, 3.8) is 0 Å². The molecule has 0 saturated carbocycles. The normalized spacial score (nSPS) is 14.6. The number of nitrogens with zero attached hydrogens (tertiary/aromatic N) is 1. The van der Waals surface area contributed by atoms with E-state index in [0.717, 1.165) is 54.9 Å². The average molecular weight is 471 g/mol. The Morgan fingerprint density at radius 2 is 1.65 bits per heavy atom. The van der Waals surface area contributed by atoms with Crippen LogP contribution in [0.25, 0.3) is 0 Å². The number of carbonyl (C=O) groups is 2. The van der Waals surface area contributed by atoms with E-state index in [-0.39, 0.29) is 36.6 Å². The van der Waals surface area contributed by atoms with Gasteiger partial charge in [-0.1, -0.05) is 30.3 Å². The number of rotatable bonds is 11. The molecule has 1 N–H and O–H groups in total. The summed E-state index contributed by atoms with van der Waals surface area (Å²) in [6.07, 6.45) is 2.95. The van der Waals surface area contributed by atoms with Crippen molar-refractivity contribution >= 4 is 17.6 Å². The molecule has 3 rings (SSSR count). The minimum absolute atomic E-state index is 0.143. The van der Waals surface area contributed by atoms with Crippen molar-refractivity contribution in [3.05, 3.63) is 65.0 Å². The van der Waals surface area contributed by atoms with Gasteiger partial charge in [-0.05, 0) is 61.9 Å². The first-order valence-electron chi connectivity index (χ1n) is 12.1. The topological polar surface area (TPSA) is 67.9 Å². The Kier molecular flexibility index (Phi) is 9.89. The maximum absolute atomic E-state index is 13.9. The van der Waals surface area contributed by atoms with E-state index in [1.54, 1.807) is 19.9 Å².